The van der Waals surface area contributed by atoms with Gasteiger partial charge in [-0.25, -0.2) is 13.6 Å². The number of benzene rings is 2. The Morgan fingerprint density at radius 2 is 1.85 bits per heavy atom. The predicted octanol–water partition coefficient (Wildman–Crippen LogP) is 5.35. The number of nitrogens with zero attached hydrogens (tertiary/aromatic N) is 2. The lowest BCUT2D eigenvalue weighted by molar-refractivity contribution is -0.145. The van der Waals surface area contributed by atoms with Gasteiger partial charge >= 0.3 is 5.97 Å². The van der Waals surface area contributed by atoms with Crippen molar-refractivity contribution in [2.24, 2.45) is 10.9 Å². The Labute approximate surface area is 194 Å². The molecule has 0 fully saturated rings. The van der Waals surface area contributed by atoms with Crippen molar-refractivity contribution in [3.05, 3.63) is 76.2 Å². The molecule has 2 atom stereocenters. The fourth-order valence-electron chi connectivity index (χ4n) is 3.17. The molecule has 2 unspecified atom stereocenters. The third-order valence-corrected chi connectivity index (χ3v) is 5.05. The van der Waals surface area contributed by atoms with E-state index in [1.54, 1.807) is 19.1 Å². The number of nitroso groups, excluding NO2 is 1. The molecule has 3 rings (SSSR count). The zero-order valence-corrected chi connectivity index (χ0v) is 18.5. The number of nitrogens with two attached hydrogens (primary N) is 1. The number of pyridine rings is 1. The number of halogens is 2. The van der Waals surface area contributed by atoms with Crippen molar-refractivity contribution in [3.63, 3.8) is 0 Å². The second kappa shape index (κ2) is 10.8. The van der Waals surface area contributed by atoms with Crippen molar-refractivity contribution in [2.75, 3.05) is 0 Å². The smallest absolute Gasteiger partial charge is 0.344 e. The second-order valence-corrected chi connectivity index (χ2v) is 7.49. The van der Waals surface area contributed by atoms with Crippen LogP contribution >= 0.6 is 0 Å². The van der Waals surface area contributed by atoms with Gasteiger partial charge in [0.1, 0.15) is 11.8 Å². The van der Waals surface area contributed by atoms with Crippen LogP contribution in [0.1, 0.15) is 37.4 Å². The molecular formula is C24H23F2N3O5. The molecule has 0 bridgehead atoms. The zero-order valence-electron chi connectivity index (χ0n) is 18.5. The average Bonchev–Trinajstić information content (AvgIpc) is 2.84. The molecule has 3 aromatic rings. The van der Waals surface area contributed by atoms with Crippen molar-refractivity contribution in [1.29, 1.82) is 0 Å². The molecule has 34 heavy (non-hydrogen) atoms. The SMILES string of the molecule is CCC(Oc1nc(Oc2cc(-c3cccc(CN)c3)cc(C(C)N=O)c2)c(F)cc1F)C(=O)O. The Morgan fingerprint density at radius 1 is 1.12 bits per heavy atom. The van der Waals surface area contributed by atoms with Gasteiger partial charge < -0.3 is 20.3 Å². The van der Waals surface area contributed by atoms with Gasteiger partial charge in [-0.1, -0.05) is 30.3 Å². The molecule has 0 aliphatic carbocycles. The quantitative estimate of drug-likeness (QED) is 0.382. The molecule has 1 aromatic heterocycles. The summed E-state index contributed by atoms with van der Waals surface area (Å²) in [5, 5.41) is 12.2. The van der Waals surface area contributed by atoms with Crippen LogP contribution in [-0.4, -0.2) is 22.2 Å². The predicted molar refractivity (Wildman–Crippen MR) is 121 cm³/mol. The minimum absolute atomic E-state index is 0.0356. The molecule has 178 valence electrons. The minimum atomic E-state index is -1.37. The van der Waals surface area contributed by atoms with E-state index in [0.717, 1.165) is 11.1 Å². The van der Waals surface area contributed by atoms with Crippen molar-refractivity contribution in [1.82, 2.24) is 4.98 Å². The van der Waals surface area contributed by atoms with Gasteiger partial charge in [0.2, 0.25) is 0 Å². The number of hydrogen-bond donors (Lipinski definition) is 2. The summed E-state index contributed by atoms with van der Waals surface area (Å²) in [6.45, 7) is 3.45. The van der Waals surface area contributed by atoms with Crippen molar-refractivity contribution in [2.45, 2.75) is 39.0 Å². The normalized spacial score (nSPS) is 12.6. The van der Waals surface area contributed by atoms with Crippen LogP contribution in [0.15, 0.2) is 53.7 Å². The van der Waals surface area contributed by atoms with E-state index >= 15 is 0 Å². The van der Waals surface area contributed by atoms with E-state index in [9.17, 15) is 18.5 Å². The van der Waals surface area contributed by atoms with Gasteiger partial charge in [-0.2, -0.15) is 9.89 Å². The Bertz CT molecular complexity index is 1210. The zero-order chi connectivity index (χ0) is 24.8. The Hall–Kier alpha value is -3.92. The first-order valence-corrected chi connectivity index (χ1v) is 10.5. The summed E-state index contributed by atoms with van der Waals surface area (Å²) in [4.78, 5) is 26.1. The summed E-state index contributed by atoms with van der Waals surface area (Å²) in [6, 6.07) is 12.0. The Morgan fingerprint density at radius 3 is 2.50 bits per heavy atom. The third-order valence-electron chi connectivity index (χ3n) is 5.05. The van der Waals surface area contributed by atoms with E-state index in [4.69, 9.17) is 20.3 Å². The van der Waals surface area contributed by atoms with E-state index in [2.05, 4.69) is 10.2 Å². The van der Waals surface area contributed by atoms with Gasteiger partial charge in [-0.15, -0.1) is 0 Å². The summed E-state index contributed by atoms with van der Waals surface area (Å²) in [5.74, 6) is -4.83. The molecule has 0 aliphatic heterocycles. The first-order chi connectivity index (χ1) is 16.2. The maximum Gasteiger partial charge on any atom is 0.344 e. The Kier molecular flexibility index (Phi) is 7.85. The highest BCUT2D eigenvalue weighted by molar-refractivity contribution is 5.72. The average molecular weight is 471 g/mol. The largest absolute Gasteiger partial charge is 0.479 e. The lowest BCUT2D eigenvalue weighted by atomic mass is 9.98. The van der Waals surface area contributed by atoms with Crippen LogP contribution in [0.2, 0.25) is 0 Å². The number of rotatable bonds is 10. The van der Waals surface area contributed by atoms with E-state index in [1.165, 1.54) is 13.0 Å². The monoisotopic (exact) mass is 471 g/mol. The van der Waals surface area contributed by atoms with Gasteiger partial charge in [0.15, 0.2) is 17.7 Å². The number of ether oxygens (including phenoxy) is 2. The van der Waals surface area contributed by atoms with Crippen molar-refractivity contribution >= 4 is 5.97 Å². The van der Waals surface area contributed by atoms with Crippen LogP contribution in [0.3, 0.4) is 0 Å². The van der Waals surface area contributed by atoms with Gasteiger partial charge in [0, 0.05) is 12.6 Å². The standard InChI is InChI=1S/C24H23F2N3O5/c1-3-21(24(30)31)34-23-20(26)11-19(25)22(28-23)33-18-9-16(13(2)29-32)8-17(10-18)15-6-4-5-14(7-15)12-27/h4-11,13,21H,3,12,27H2,1-2H3,(H,30,31). The van der Waals surface area contributed by atoms with Gasteiger partial charge in [0.25, 0.3) is 11.8 Å². The van der Waals surface area contributed by atoms with Gasteiger partial charge in [-0.05, 0) is 59.9 Å². The topological polar surface area (TPSA) is 124 Å². The minimum Gasteiger partial charge on any atom is -0.479 e. The molecule has 0 radical (unpaired) electrons. The molecular weight excluding hydrogens is 448 g/mol. The maximum atomic E-state index is 14.5. The number of aliphatic carboxylic acids is 1. The maximum absolute atomic E-state index is 14.5. The molecule has 0 aliphatic rings. The molecule has 1 heterocycles. The fraction of sp³-hybridized carbons (Fsp3) is 0.250. The highest BCUT2D eigenvalue weighted by atomic mass is 19.1. The molecule has 10 heteroatoms. The number of hydrogen-bond acceptors (Lipinski definition) is 7. The van der Waals surface area contributed by atoms with Crippen LogP contribution < -0.4 is 15.2 Å². The van der Waals surface area contributed by atoms with Gasteiger partial charge in [0.05, 0.1) is 0 Å². The van der Waals surface area contributed by atoms with Crippen molar-refractivity contribution < 1.29 is 28.2 Å². The van der Waals surface area contributed by atoms with Crippen molar-refractivity contribution in [3.8, 4) is 28.6 Å². The van der Waals surface area contributed by atoms with Crippen LogP contribution in [0.25, 0.3) is 11.1 Å². The first kappa shape index (κ1) is 24.7. The number of aromatic nitrogens is 1. The molecule has 0 saturated carbocycles. The number of carbonyl (C=O) groups is 1. The lowest BCUT2D eigenvalue weighted by Crippen LogP contribution is -2.26. The highest BCUT2D eigenvalue weighted by Gasteiger charge is 2.23. The fourth-order valence-corrected chi connectivity index (χ4v) is 3.17. The van der Waals surface area contributed by atoms with Crippen LogP contribution in [0.4, 0.5) is 8.78 Å². The summed E-state index contributed by atoms with van der Waals surface area (Å²) < 4.78 is 39.3. The van der Waals surface area contributed by atoms with E-state index in [1.807, 2.05) is 24.3 Å². The summed E-state index contributed by atoms with van der Waals surface area (Å²) in [6.07, 6.45) is -1.34. The Balaban J connectivity index is 2.03. The van der Waals surface area contributed by atoms with E-state index in [-0.39, 0.29) is 12.2 Å². The molecule has 0 amide bonds. The molecule has 2 aromatic carbocycles. The van der Waals surface area contributed by atoms with Crippen LogP contribution in [0.5, 0.6) is 17.5 Å². The number of carboxylic acid groups (broad SMARTS) is 1. The van der Waals surface area contributed by atoms with E-state index < -0.39 is 41.5 Å². The summed E-state index contributed by atoms with van der Waals surface area (Å²) >= 11 is 0. The highest BCUT2D eigenvalue weighted by Crippen LogP contribution is 2.34. The molecule has 0 spiro atoms. The van der Waals surface area contributed by atoms with Crippen LogP contribution in [-0.2, 0) is 11.3 Å². The second-order valence-electron chi connectivity index (χ2n) is 7.49. The lowest BCUT2D eigenvalue weighted by Gasteiger charge is -2.15. The molecule has 0 saturated heterocycles. The number of carboxylic acids is 1. The van der Waals surface area contributed by atoms with Gasteiger partial charge in [-0.3, -0.25) is 0 Å². The third kappa shape index (κ3) is 5.70. The summed E-state index contributed by atoms with van der Waals surface area (Å²) in [5.41, 5.74) is 8.52. The van der Waals surface area contributed by atoms with Crippen LogP contribution in [0, 0.1) is 16.5 Å². The molecule has 3 N–H and O–H groups in total. The van der Waals surface area contributed by atoms with E-state index in [0.29, 0.717) is 23.7 Å². The first-order valence-electron chi connectivity index (χ1n) is 10.5. The summed E-state index contributed by atoms with van der Waals surface area (Å²) in [7, 11) is 0. The molecule has 8 nitrogen and oxygen atoms in total.